The van der Waals surface area contributed by atoms with E-state index >= 15 is 0 Å². The van der Waals surface area contributed by atoms with E-state index in [1.165, 1.54) is 39.0 Å². The van der Waals surface area contributed by atoms with Gasteiger partial charge in [-0.15, -0.1) is 0 Å². The van der Waals surface area contributed by atoms with E-state index < -0.39 is 0 Å². The highest BCUT2D eigenvalue weighted by Gasteiger charge is 2.26. The molecule has 0 unspecified atom stereocenters. The summed E-state index contributed by atoms with van der Waals surface area (Å²) in [5.41, 5.74) is 9.83. The van der Waals surface area contributed by atoms with Crippen LogP contribution in [0.5, 0.6) is 0 Å². The zero-order valence-electron chi connectivity index (χ0n) is 15.2. The molecular weight excluding hydrogens is 300 g/mol. The topological polar surface area (TPSA) is 0 Å². The highest BCUT2D eigenvalue weighted by atomic mass is 14.3. The van der Waals surface area contributed by atoms with Crippen molar-refractivity contribution in [1.82, 2.24) is 0 Å². The molecule has 0 aromatic heterocycles. The molecule has 0 heteroatoms. The zero-order valence-corrected chi connectivity index (χ0v) is 15.2. The Hall–Kier alpha value is -2.60. The van der Waals surface area contributed by atoms with Gasteiger partial charge >= 0.3 is 0 Å². The van der Waals surface area contributed by atoms with E-state index in [2.05, 4.69) is 99.6 Å². The Balaban J connectivity index is 1.99. The minimum Gasteiger partial charge on any atom is -0.0622 e. The van der Waals surface area contributed by atoms with Crippen LogP contribution < -0.4 is 0 Å². The van der Waals surface area contributed by atoms with Crippen LogP contribution in [0.25, 0.3) is 28.3 Å². The Bertz CT molecular complexity index is 923. The van der Waals surface area contributed by atoms with Crippen molar-refractivity contribution in [3.05, 3.63) is 89.5 Å². The van der Waals surface area contributed by atoms with Crippen molar-refractivity contribution in [2.24, 2.45) is 5.41 Å². The van der Waals surface area contributed by atoms with Crippen LogP contribution in [0.15, 0.2) is 78.4 Å². The van der Waals surface area contributed by atoms with Crippen LogP contribution in [0.2, 0.25) is 0 Å². The molecule has 0 nitrogen and oxygen atoms in total. The average Bonchev–Trinajstić information content (AvgIpc) is 3.07. The molecule has 124 valence electrons. The molecule has 3 aromatic rings. The van der Waals surface area contributed by atoms with E-state index in [1.807, 2.05) is 0 Å². The highest BCUT2D eigenvalue weighted by Crippen LogP contribution is 2.44. The Morgan fingerprint density at radius 3 is 1.88 bits per heavy atom. The summed E-state index contributed by atoms with van der Waals surface area (Å²) in [6.07, 6.45) is 3.50. The smallest absolute Gasteiger partial charge is 0.00300 e. The van der Waals surface area contributed by atoms with Crippen LogP contribution in [-0.2, 0) is 6.42 Å². The first-order chi connectivity index (χ1) is 12.0. The van der Waals surface area contributed by atoms with Crippen LogP contribution in [0.4, 0.5) is 0 Å². The number of rotatable bonds is 2. The van der Waals surface area contributed by atoms with E-state index in [0.717, 1.165) is 6.42 Å². The predicted octanol–water partition coefficient (Wildman–Crippen LogP) is 7.01. The van der Waals surface area contributed by atoms with Gasteiger partial charge in [0.05, 0.1) is 0 Å². The summed E-state index contributed by atoms with van der Waals surface area (Å²) < 4.78 is 0. The van der Waals surface area contributed by atoms with Gasteiger partial charge in [0.25, 0.3) is 0 Å². The first kappa shape index (κ1) is 15.9. The van der Waals surface area contributed by atoms with Crippen LogP contribution in [0, 0.1) is 5.41 Å². The second kappa shape index (κ2) is 6.04. The lowest BCUT2D eigenvalue weighted by Crippen LogP contribution is -2.08. The molecule has 0 heterocycles. The SMILES string of the molecule is CC(C)(C)C1=Cc2c(ccc(-c3ccccc3)c2-c2ccccc2)C1. The summed E-state index contributed by atoms with van der Waals surface area (Å²) in [5.74, 6) is 0. The lowest BCUT2D eigenvalue weighted by molar-refractivity contribution is 0.498. The molecule has 0 spiro atoms. The van der Waals surface area contributed by atoms with Gasteiger partial charge in [-0.25, -0.2) is 0 Å². The van der Waals surface area contributed by atoms with Gasteiger partial charge in [-0.1, -0.05) is 105 Å². The van der Waals surface area contributed by atoms with Gasteiger partial charge in [-0.05, 0) is 45.2 Å². The molecule has 1 aliphatic carbocycles. The van der Waals surface area contributed by atoms with Crippen LogP contribution in [-0.4, -0.2) is 0 Å². The second-order valence-electron chi connectivity index (χ2n) is 7.89. The fourth-order valence-electron chi connectivity index (χ4n) is 3.67. The standard InChI is InChI=1S/C25H24/c1-25(2,3)21-16-20-14-15-22(18-10-6-4-7-11-18)24(23(20)17-21)19-12-8-5-9-13-19/h4-15,17H,16H2,1-3H3. The molecule has 0 aliphatic heterocycles. The fourth-order valence-corrected chi connectivity index (χ4v) is 3.67. The van der Waals surface area contributed by atoms with Crippen LogP contribution in [0.3, 0.4) is 0 Å². The minimum absolute atomic E-state index is 0.208. The molecule has 1 aliphatic rings. The summed E-state index contributed by atoms with van der Waals surface area (Å²) in [6.45, 7) is 6.93. The van der Waals surface area contributed by atoms with Crippen molar-refractivity contribution >= 4 is 6.08 Å². The van der Waals surface area contributed by atoms with Crippen molar-refractivity contribution in [2.75, 3.05) is 0 Å². The van der Waals surface area contributed by atoms with E-state index in [4.69, 9.17) is 0 Å². The van der Waals surface area contributed by atoms with Crippen LogP contribution >= 0.6 is 0 Å². The summed E-state index contributed by atoms with van der Waals surface area (Å²) in [5, 5.41) is 0. The number of allylic oxidation sites excluding steroid dienone is 1. The van der Waals surface area contributed by atoms with E-state index in [0.29, 0.717) is 0 Å². The van der Waals surface area contributed by atoms with E-state index in [-0.39, 0.29) is 5.41 Å². The molecule has 3 aromatic carbocycles. The van der Waals surface area contributed by atoms with E-state index in [9.17, 15) is 0 Å². The zero-order chi connectivity index (χ0) is 17.4. The van der Waals surface area contributed by atoms with E-state index in [1.54, 1.807) is 0 Å². The number of hydrogen-bond acceptors (Lipinski definition) is 0. The number of benzene rings is 3. The monoisotopic (exact) mass is 324 g/mol. The van der Waals surface area contributed by atoms with Crippen LogP contribution in [0.1, 0.15) is 31.9 Å². The van der Waals surface area contributed by atoms with Gasteiger partial charge in [0.2, 0.25) is 0 Å². The van der Waals surface area contributed by atoms with Gasteiger partial charge in [0.1, 0.15) is 0 Å². The third kappa shape index (κ3) is 2.93. The minimum atomic E-state index is 0.208. The Morgan fingerprint density at radius 1 is 0.680 bits per heavy atom. The Labute approximate surface area is 150 Å². The molecule has 0 fully saturated rings. The van der Waals surface area contributed by atoms with Gasteiger partial charge in [0.15, 0.2) is 0 Å². The summed E-state index contributed by atoms with van der Waals surface area (Å²) in [4.78, 5) is 0. The molecule has 0 radical (unpaired) electrons. The fraction of sp³-hybridized carbons (Fsp3) is 0.200. The number of hydrogen-bond donors (Lipinski definition) is 0. The summed E-state index contributed by atoms with van der Waals surface area (Å²) >= 11 is 0. The molecule has 0 atom stereocenters. The summed E-state index contributed by atoms with van der Waals surface area (Å²) in [7, 11) is 0. The van der Waals surface area contributed by atoms with Gasteiger partial charge < -0.3 is 0 Å². The summed E-state index contributed by atoms with van der Waals surface area (Å²) in [6, 6.07) is 26.2. The molecule has 4 rings (SSSR count). The lowest BCUT2D eigenvalue weighted by Gasteiger charge is -2.19. The molecule has 25 heavy (non-hydrogen) atoms. The molecule has 0 amide bonds. The third-order valence-electron chi connectivity index (χ3n) is 5.15. The van der Waals surface area contributed by atoms with Crippen molar-refractivity contribution in [3.63, 3.8) is 0 Å². The molecule has 0 saturated heterocycles. The predicted molar refractivity (Wildman–Crippen MR) is 108 cm³/mol. The Morgan fingerprint density at radius 2 is 1.28 bits per heavy atom. The van der Waals surface area contributed by atoms with Crippen molar-refractivity contribution in [1.29, 1.82) is 0 Å². The highest BCUT2D eigenvalue weighted by molar-refractivity contribution is 5.92. The maximum Gasteiger partial charge on any atom is -0.00300 e. The molecule has 0 bridgehead atoms. The number of fused-ring (bicyclic) bond motifs is 1. The third-order valence-corrected chi connectivity index (χ3v) is 5.15. The lowest BCUT2D eigenvalue weighted by atomic mass is 9.85. The molecular formula is C25H24. The first-order valence-corrected chi connectivity index (χ1v) is 9.02. The maximum absolute atomic E-state index is 2.43. The average molecular weight is 324 g/mol. The van der Waals surface area contributed by atoms with Crippen molar-refractivity contribution in [3.8, 4) is 22.3 Å². The molecule has 0 saturated carbocycles. The van der Waals surface area contributed by atoms with Gasteiger partial charge in [-0.2, -0.15) is 0 Å². The Kier molecular flexibility index (Phi) is 3.84. The normalized spacial score (nSPS) is 13.5. The largest absolute Gasteiger partial charge is 0.0622 e. The van der Waals surface area contributed by atoms with Crippen molar-refractivity contribution in [2.45, 2.75) is 27.2 Å². The molecule has 0 N–H and O–H groups in total. The maximum atomic E-state index is 2.43. The van der Waals surface area contributed by atoms with Crippen molar-refractivity contribution < 1.29 is 0 Å². The quantitative estimate of drug-likeness (QED) is 0.476. The van der Waals surface area contributed by atoms with Gasteiger partial charge in [-0.3, -0.25) is 0 Å². The second-order valence-corrected chi connectivity index (χ2v) is 7.89. The van der Waals surface area contributed by atoms with Gasteiger partial charge in [0, 0.05) is 0 Å². The first-order valence-electron chi connectivity index (χ1n) is 9.02.